The van der Waals surface area contributed by atoms with Crippen LogP contribution in [-0.4, -0.2) is 15.9 Å². The Labute approximate surface area is 115 Å². The molecule has 1 heterocycles. The van der Waals surface area contributed by atoms with Gasteiger partial charge in [0.1, 0.15) is 18.2 Å². The van der Waals surface area contributed by atoms with Crippen LogP contribution in [0.15, 0.2) is 30.3 Å². The number of hydrazine groups is 1. The first-order valence-corrected chi connectivity index (χ1v) is 5.92. The van der Waals surface area contributed by atoms with Gasteiger partial charge >= 0.3 is 0 Å². The summed E-state index contributed by atoms with van der Waals surface area (Å²) in [4.78, 5) is 19.3. The summed E-state index contributed by atoms with van der Waals surface area (Å²) in [6.07, 6.45) is 0. The van der Waals surface area contributed by atoms with Crippen molar-refractivity contribution in [3.8, 4) is 5.75 Å². The van der Waals surface area contributed by atoms with Crippen molar-refractivity contribution in [1.29, 1.82) is 0 Å². The smallest absolute Gasteiger partial charge is 0.248 e. The molecule has 2 aromatic rings. The van der Waals surface area contributed by atoms with Crippen molar-refractivity contribution in [2.75, 3.05) is 5.43 Å². The lowest BCUT2D eigenvalue weighted by Crippen LogP contribution is -2.12. The van der Waals surface area contributed by atoms with Gasteiger partial charge in [0.25, 0.3) is 0 Å². The fourth-order valence-electron chi connectivity index (χ4n) is 1.63. The molecule has 0 bridgehead atoms. The first kappa shape index (κ1) is 13.8. The number of carbonyl (C=O) groups excluding carboxylic acids is 1. The fraction of sp³-hybridized carbons (Fsp3) is 0.154. The molecule has 0 aliphatic heterocycles. The third-order valence-corrected chi connectivity index (χ3v) is 2.56. The second-order valence-electron chi connectivity index (χ2n) is 4.13. The van der Waals surface area contributed by atoms with E-state index in [1.165, 1.54) is 0 Å². The lowest BCUT2D eigenvalue weighted by atomic mass is 10.2. The molecule has 0 atom stereocenters. The van der Waals surface area contributed by atoms with E-state index in [-0.39, 0.29) is 6.61 Å². The number of nitrogens with two attached hydrogens (primary N) is 2. The Balaban J connectivity index is 2.04. The average Bonchev–Trinajstić information content (AvgIpc) is 2.45. The Morgan fingerprint density at radius 2 is 2.00 bits per heavy atom. The second-order valence-corrected chi connectivity index (χ2v) is 4.13. The minimum Gasteiger partial charge on any atom is -0.486 e. The second kappa shape index (κ2) is 5.98. The first-order valence-electron chi connectivity index (χ1n) is 5.92. The molecule has 1 aromatic heterocycles. The molecule has 5 N–H and O–H groups in total. The molecule has 0 aliphatic rings. The van der Waals surface area contributed by atoms with Crippen LogP contribution in [0.25, 0.3) is 0 Å². The number of nitrogens with zero attached hydrogens (tertiary/aromatic N) is 2. The number of anilines is 1. The number of rotatable bonds is 5. The van der Waals surface area contributed by atoms with Crippen molar-refractivity contribution in [1.82, 2.24) is 9.97 Å². The van der Waals surface area contributed by atoms with Crippen molar-refractivity contribution in [3.63, 3.8) is 0 Å². The third kappa shape index (κ3) is 3.42. The Hall–Kier alpha value is -2.67. The maximum absolute atomic E-state index is 10.9. The zero-order valence-corrected chi connectivity index (χ0v) is 11.0. The van der Waals surface area contributed by atoms with Gasteiger partial charge in [-0.2, -0.15) is 0 Å². The van der Waals surface area contributed by atoms with Crippen molar-refractivity contribution in [2.45, 2.75) is 13.5 Å². The van der Waals surface area contributed by atoms with Crippen LogP contribution >= 0.6 is 0 Å². The minimum absolute atomic E-state index is 0.201. The molecule has 104 valence electrons. The van der Waals surface area contributed by atoms with Crippen LogP contribution in [0.2, 0.25) is 0 Å². The van der Waals surface area contributed by atoms with Gasteiger partial charge in [0.2, 0.25) is 5.91 Å². The zero-order valence-electron chi connectivity index (χ0n) is 11.0. The van der Waals surface area contributed by atoms with Gasteiger partial charge in [-0.3, -0.25) is 4.79 Å². The van der Waals surface area contributed by atoms with E-state index in [1.807, 2.05) is 6.92 Å². The van der Waals surface area contributed by atoms with E-state index < -0.39 is 5.91 Å². The number of nitrogens with one attached hydrogen (secondary N) is 1. The summed E-state index contributed by atoms with van der Waals surface area (Å²) in [6.45, 7) is 2.04. The Bertz CT molecular complexity index is 613. The standard InChI is InChI=1S/C13H15N5O2/c1-8-6-11(18-15)17-12(16-8)7-20-10-4-2-9(3-5-10)13(14)19/h2-6H,7,15H2,1H3,(H2,14,19)(H,16,17,18). The quantitative estimate of drug-likeness (QED) is 0.546. The SMILES string of the molecule is Cc1cc(NN)nc(COc2ccc(C(N)=O)cc2)n1. The zero-order chi connectivity index (χ0) is 14.5. The summed E-state index contributed by atoms with van der Waals surface area (Å²) in [6, 6.07) is 8.25. The van der Waals surface area contributed by atoms with Gasteiger partial charge in [-0.25, -0.2) is 15.8 Å². The normalized spacial score (nSPS) is 10.1. The molecule has 0 saturated heterocycles. The van der Waals surface area contributed by atoms with Gasteiger partial charge in [0.05, 0.1) is 0 Å². The van der Waals surface area contributed by atoms with E-state index in [0.717, 1.165) is 5.69 Å². The molecule has 1 aromatic carbocycles. The summed E-state index contributed by atoms with van der Waals surface area (Å²) in [5.41, 5.74) is 8.84. The first-order chi connectivity index (χ1) is 9.58. The van der Waals surface area contributed by atoms with Crippen LogP contribution in [-0.2, 0) is 6.61 Å². The van der Waals surface area contributed by atoms with Crippen LogP contribution in [0, 0.1) is 6.92 Å². The molecular weight excluding hydrogens is 258 g/mol. The van der Waals surface area contributed by atoms with E-state index >= 15 is 0 Å². The van der Waals surface area contributed by atoms with Crippen LogP contribution < -0.4 is 21.7 Å². The van der Waals surface area contributed by atoms with Crippen LogP contribution in [0.3, 0.4) is 0 Å². The number of benzene rings is 1. The van der Waals surface area contributed by atoms with E-state index in [2.05, 4.69) is 15.4 Å². The van der Waals surface area contributed by atoms with Crippen molar-refractivity contribution in [2.24, 2.45) is 11.6 Å². The lowest BCUT2D eigenvalue weighted by molar-refractivity contribution is 0.1000. The Kier molecular flexibility index (Phi) is 4.11. The number of amides is 1. The van der Waals surface area contributed by atoms with Gasteiger partial charge < -0.3 is 15.9 Å². The summed E-state index contributed by atoms with van der Waals surface area (Å²) in [5, 5.41) is 0. The number of aromatic nitrogens is 2. The van der Waals surface area contributed by atoms with E-state index in [1.54, 1.807) is 30.3 Å². The predicted molar refractivity (Wildman–Crippen MR) is 73.9 cm³/mol. The molecule has 2 rings (SSSR count). The summed E-state index contributed by atoms with van der Waals surface area (Å²) < 4.78 is 5.54. The number of nitrogen functional groups attached to an aromatic ring is 1. The van der Waals surface area contributed by atoms with Crippen molar-refractivity contribution < 1.29 is 9.53 Å². The number of carbonyl (C=O) groups is 1. The van der Waals surface area contributed by atoms with Crippen LogP contribution in [0.4, 0.5) is 5.82 Å². The van der Waals surface area contributed by atoms with E-state index in [4.69, 9.17) is 16.3 Å². The molecule has 0 spiro atoms. The average molecular weight is 273 g/mol. The van der Waals surface area contributed by atoms with Gasteiger partial charge in [0.15, 0.2) is 5.82 Å². The molecule has 1 amide bonds. The molecule has 0 radical (unpaired) electrons. The molecule has 20 heavy (non-hydrogen) atoms. The van der Waals surface area contributed by atoms with Gasteiger partial charge in [0, 0.05) is 17.3 Å². The predicted octanol–water partition coefficient (Wildman–Crippen LogP) is 0.749. The van der Waals surface area contributed by atoms with Gasteiger partial charge in [-0.15, -0.1) is 0 Å². The number of hydrogen-bond donors (Lipinski definition) is 3. The highest BCUT2D eigenvalue weighted by Gasteiger charge is 2.04. The number of ether oxygens (including phenoxy) is 1. The molecule has 0 unspecified atom stereocenters. The largest absolute Gasteiger partial charge is 0.486 e. The Morgan fingerprint density at radius 1 is 1.30 bits per heavy atom. The minimum atomic E-state index is -0.475. The summed E-state index contributed by atoms with van der Waals surface area (Å²) in [5.74, 6) is 6.48. The fourth-order valence-corrected chi connectivity index (χ4v) is 1.63. The van der Waals surface area contributed by atoms with Gasteiger partial charge in [-0.05, 0) is 31.2 Å². The molecule has 0 aliphatic carbocycles. The maximum atomic E-state index is 10.9. The van der Waals surface area contributed by atoms with Crippen LogP contribution in [0.1, 0.15) is 21.9 Å². The molecule has 0 saturated carbocycles. The highest BCUT2D eigenvalue weighted by Crippen LogP contribution is 2.14. The third-order valence-electron chi connectivity index (χ3n) is 2.56. The summed E-state index contributed by atoms with van der Waals surface area (Å²) >= 11 is 0. The van der Waals surface area contributed by atoms with Crippen molar-refractivity contribution >= 4 is 11.7 Å². The topological polar surface area (TPSA) is 116 Å². The molecular formula is C13H15N5O2. The maximum Gasteiger partial charge on any atom is 0.248 e. The van der Waals surface area contributed by atoms with Crippen molar-refractivity contribution in [3.05, 3.63) is 47.4 Å². The number of hydrogen-bond acceptors (Lipinski definition) is 6. The molecule has 7 heteroatoms. The number of aryl methyl sites for hydroxylation is 1. The van der Waals surface area contributed by atoms with E-state index in [9.17, 15) is 4.79 Å². The molecule has 7 nitrogen and oxygen atoms in total. The summed E-state index contributed by atoms with van der Waals surface area (Å²) in [7, 11) is 0. The van der Waals surface area contributed by atoms with Crippen LogP contribution in [0.5, 0.6) is 5.75 Å². The highest BCUT2D eigenvalue weighted by molar-refractivity contribution is 5.92. The van der Waals surface area contributed by atoms with Gasteiger partial charge in [-0.1, -0.05) is 0 Å². The highest BCUT2D eigenvalue weighted by atomic mass is 16.5. The molecule has 0 fully saturated rings. The Morgan fingerprint density at radius 3 is 2.60 bits per heavy atom. The van der Waals surface area contributed by atoms with E-state index in [0.29, 0.717) is 23.0 Å². The lowest BCUT2D eigenvalue weighted by Gasteiger charge is -2.08. The number of primary amides is 1. The monoisotopic (exact) mass is 273 g/mol.